The lowest BCUT2D eigenvalue weighted by atomic mass is 10.1. The zero-order valence-corrected chi connectivity index (χ0v) is 20.6. The Kier molecular flexibility index (Phi) is 5.83. The van der Waals surface area contributed by atoms with Crippen LogP contribution in [-0.4, -0.2) is 54.4 Å². The lowest BCUT2D eigenvalue weighted by Gasteiger charge is -2.21. The number of methoxy groups -OCH3 is 1. The van der Waals surface area contributed by atoms with Crippen LogP contribution >= 0.6 is 0 Å². The van der Waals surface area contributed by atoms with Crippen molar-refractivity contribution in [2.24, 2.45) is 0 Å². The molecule has 10 heteroatoms. The van der Waals surface area contributed by atoms with E-state index in [4.69, 9.17) is 9.47 Å². The molecule has 0 amide bonds. The van der Waals surface area contributed by atoms with E-state index < -0.39 is 29.6 Å². The van der Waals surface area contributed by atoms with Crippen LogP contribution in [0.5, 0.6) is 5.75 Å². The van der Waals surface area contributed by atoms with Gasteiger partial charge < -0.3 is 24.4 Å². The molecule has 1 N–H and O–H groups in total. The summed E-state index contributed by atoms with van der Waals surface area (Å²) < 4.78 is 12.9. The third-order valence-corrected chi connectivity index (χ3v) is 7.01. The van der Waals surface area contributed by atoms with Gasteiger partial charge in [0.2, 0.25) is 6.35 Å². The molecule has 0 saturated heterocycles. The van der Waals surface area contributed by atoms with Crippen LogP contribution in [0.25, 0.3) is 5.69 Å². The highest BCUT2D eigenvalue weighted by molar-refractivity contribution is 5.88. The van der Waals surface area contributed by atoms with Gasteiger partial charge in [-0.15, -0.1) is 0 Å². The summed E-state index contributed by atoms with van der Waals surface area (Å²) in [6.07, 6.45) is 1.61. The van der Waals surface area contributed by atoms with E-state index in [2.05, 4.69) is 0 Å². The minimum absolute atomic E-state index is 0.0946. The number of carbonyl (C=O) groups excluding carboxylic acids is 1. The predicted molar refractivity (Wildman–Crippen MR) is 135 cm³/mol. The summed E-state index contributed by atoms with van der Waals surface area (Å²) in [7, 11) is 5.10. The Labute approximate surface area is 207 Å². The molecule has 2 aliphatic rings. The maximum atomic E-state index is 13.8. The Morgan fingerprint density at radius 3 is 2.56 bits per heavy atom. The van der Waals surface area contributed by atoms with Crippen LogP contribution in [0.2, 0.25) is 0 Å². The summed E-state index contributed by atoms with van der Waals surface area (Å²) in [5, 5.41) is 10.4. The maximum absolute atomic E-state index is 13.8. The number of hydrogen-bond donors (Lipinski definition) is 1. The van der Waals surface area contributed by atoms with Crippen LogP contribution in [0.15, 0.2) is 52.2 Å². The Morgan fingerprint density at radius 1 is 1.08 bits per heavy atom. The number of aliphatic hydroxyl groups is 1. The average Bonchev–Trinajstić information content (AvgIpc) is 3.38. The molecule has 0 saturated carbocycles. The topological polar surface area (TPSA) is 106 Å². The number of ether oxygens (including phenoxy) is 2. The van der Waals surface area contributed by atoms with Gasteiger partial charge in [0.15, 0.2) is 0 Å². The van der Waals surface area contributed by atoms with Gasteiger partial charge in [0.05, 0.1) is 36.8 Å². The molecular formula is C26H28N4O6. The van der Waals surface area contributed by atoms with Crippen LogP contribution in [-0.2, 0) is 11.2 Å². The van der Waals surface area contributed by atoms with Gasteiger partial charge in [-0.05, 0) is 61.2 Å². The minimum atomic E-state index is -0.844. The number of anilines is 2. The van der Waals surface area contributed by atoms with E-state index in [0.717, 1.165) is 21.4 Å². The fraction of sp³-hybridized carbons (Fsp3) is 0.346. The molecule has 1 aliphatic carbocycles. The lowest BCUT2D eigenvalue weighted by Crippen LogP contribution is -2.44. The number of rotatable bonds is 5. The smallest absolute Gasteiger partial charge is 0.345 e. The standard InChI is InChI=1S/C26H28N4O6/c1-5-36-24(32)19-14-29(16-7-11-21-22(13-16)28(3)25(33)27(21)2)26(34)30(23(19)31)20-10-6-15-12-17(35-4)8-9-18(15)20/h7-9,11-14,20,25,33H,5-6,10H2,1-4H3. The zero-order valence-electron chi connectivity index (χ0n) is 20.6. The van der Waals surface area contributed by atoms with Gasteiger partial charge in [0.25, 0.3) is 5.56 Å². The van der Waals surface area contributed by atoms with Crippen molar-refractivity contribution in [3.05, 3.63) is 80.1 Å². The van der Waals surface area contributed by atoms with Crippen molar-refractivity contribution in [3.63, 3.8) is 0 Å². The summed E-state index contributed by atoms with van der Waals surface area (Å²) in [6, 6.07) is 10.3. The van der Waals surface area contributed by atoms with Gasteiger partial charge >= 0.3 is 11.7 Å². The number of hydrogen-bond acceptors (Lipinski definition) is 8. The van der Waals surface area contributed by atoms with Crippen molar-refractivity contribution in [1.29, 1.82) is 0 Å². The first-order valence-corrected chi connectivity index (χ1v) is 11.8. The van der Waals surface area contributed by atoms with E-state index in [9.17, 15) is 19.5 Å². The number of esters is 1. The van der Waals surface area contributed by atoms with Crippen molar-refractivity contribution >= 4 is 17.3 Å². The number of carbonyl (C=O) groups is 1. The number of nitrogens with zero attached hydrogens (tertiary/aromatic N) is 4. The van der Waals surface area contributed by atoms with Gasteiger partial charge in [-0.25, -0.2) is 9.59 Å². The molecule has 1 aliphatic heterocycles. The van der Waals surface area contributed by atoms with E-state index >= 15 is 0 Å². The van der Waals surface area contributed by atoms with Crippen LogP contribution in [0.1, 0.15) is 40.9 Å². The molecule has 188 valence electrons. The monoisotopic (exact) mass is 492 g/mol. The molecule has 0 spiro atoms. The average molecular weight is 493 g/mol. The molecular weight excluding hydrogens is 464 g/mol. The molecule has 0 bridgehead atoms. The predicted octanol–water partition coefficient (Wildman–Crippen LogP) is 1.88. The molecule has 0 radical (unpaired) electrons. The van der Waals surface area contributed by atoms with E-state index in [-0.39, 0.29) is 12.2 Å². The zero-order chi connectivity index (χ0) is 25.7. The van der Waals surface area contributed by atoms with Crippen molar-refractivity contribution in [1.82, 2.24) is 9.13 Å². The normalized spacial score (nSPS) is 18.2. The molecule has 10 nitrogen and oxygen atoms in total. The lowest BCUT2D eigenvalue weighted by molar-refractivity contribution is 0.0522. The third kappa shape index (κ3) is 3.56. The molecule has 5 rings (SSSR count). The number of aromatic nitrogens is 2. The Balaban J connectivity index is 1.71. The van der Waals surface area contributed by atoms with E-state index in [0.29, 0.717) is 30.0 Å². The highest BCUT2D eigenvalue weighted by atomic mass is 16.5. The molecule has 1 aromatic heterocycles. The second-order valence-corrected chi connectivity index (χ2v) is 8.95. The van der Waals surface area contributed by atoms with E-state index in [1.54, 1.807) is 62.2 Å². The van der Waals surface area contributed by atoms with Crippen molar-refractivity contribution < 1.29 is 19.4 Å². The Morgan fingerprint density at radius 2 is 1.83 bits per heavy atom. The summed E-state index contributed by atoms with van der Waals surface area (Å²) in [5.74, 6) is -0.0831. The second-order valence-electron chi connectivity index (χ2n) is 8.95. The summed E-state index contributed by atoms with van der Waals surface area (Å²) in [6.45, 7) is 1.75. The van der Waals surface area contributed by atoms with Crippen LogP contribution in [0, 0.1) is 0 Å². The molecule has 3 aromatic rings. The molecule has 2 aromatic carbocycles. The Hall–Kier alpha value is -4.05. The number of aliphatic hydroxyl groups excluding tert-OH is 1. The largest absolute Gasteiger partial charge is 0.497 e. The van der Waals surface area contributed by atoms with Gasteiger partial charge in [0.1, 0.15) is 11.3 Å². The third-order valence-electron chi connectivity index (χ3n) is 7.01. The molecule has 2 heterocycles. The first-order valence-electron chi connectivity index (χ1n) is 11.8. The first kappa shape index (κ1) is 23.7. The fourth-order valence-electron chi connectivity index (χ4n) is 5.10. The molecule has 2 unspecified atom stereocenters. The maximum Gasteiger partial charge on any atom is 0.345 e. The number of benzene rings is 2. The highest BCUT2D eigenvalue weighted by Gasteiger charge is 2.32. The van der Waals surface area contributed by atoms with Gasteiger partial charge in [-0.1, -0.05) is 6.07 Å². The van der Waals surface area contributed by atoms with Crippen LogP contribution in [0.4, 0.5) is 11.4 Å². The first-order chi connectivity index (χ1) is 17.3. The Bertz CT molecular complexity index is 1480. The molecule has 2 atom stereocenters. The van der Waals surface area contributed by atoms with E-state index in [1.807, 2.05) is 12.1 Å². The number of fused-ring (bicyclic) bond motifs is 2. The van der Waals surface area contributed by atoms with E-state index in [1.165, 1.54) is 10.8 Å². The van der Waals surface area contributed by atoms with Crippen molar-refractivity contribution in [2.45, 2.75) is 32.2 Å². The summed E-state index contributed by atoms with van der Waals surface area (Å²) >= 11 is 0. The molecule has 0 fully saturated rings. The quantitative estimate of drug-likeness (QED) is 0.539. The van der Waals surface area contributed by atoms with Crippen molar-refractivity contribution in [3.8, 4) is 11.4 Å². The summed E-state index contributed by atoms with van der Waals surface area (Å²) in [5.41, 5.74) is 2.34. The summed E-state index contributed by atoms with van der Waals surface area (Å²) in [4.78, 5) is 43.5. The second kappa shape index (κ2) is 8.87. The van der Waals surface area contributed by atoms with Crippen molar-refractivity contribution in [2.75, 3.05) is 37.6 Å². The van der Waals surface area contributed by atoms with Crippen LogP contribution in [0.3, 0.4) is 0 Å². The fourth-order valence-corrected chi connectivity index (χ4v) is 5.10. The van der Waals surface area contributed by atoms with Gasteiger partial charge in [0, 0.05) is 20.3 Å². The van der Waals surface area contributed by atoms with Gasteiger partial charge in [-0.2, -0.15) is 0 Å². The highest BCUT2D eigenvalue weighted by Crippen LogP contribution is 2.38. The van der Waals surface area contributed by atoms with Gasteiger partial charge in [-0.3, -0.25) is 13.9 Å². The van der Waals surface area contributed by atoms with Crippen LogP contribution < -0.4 is 25.8 Å². The molecule has 36 heavy (non-hydrogen) atoms. The number of aryl methyl sites for hydroxylation is 1. The minimum Gasteiger partial charge on any atom is -0.497 e. The SMILES string of the molecule is CCOC(=O)c1cn(-c2ccc3c(c2)N(C)C(O)N3C)c(=O)n(C2CCc3cc(OC)ccc32)c1=O.